The van der Waals surface area contributed by atoms with Gasteiger partial charge in [-0.25, -0.2) is 9.37 Å². The fourth-order valence-corrected chi connectivity index (χ4v) is 6.11. The Balaban J connectivity index is 1.51. The Bertz CT molecular complexity index is 1300. The van der Waals surface area contributed by atoms with Crippen molar-refractivity contribution in [1.82, 2.24) is 4.98 Å². The van der Waals surface area contributed by atoms with Gasteiger partial charge in [0.05, 0.1) is 27.7 Å². The van der Waals surface area contributed by atoms with Crippen molar-refractivity contribution in [2.45, 2.75) is 44.8 Å². The van der Waals surface area contributed by atoms with Crippen LogP contribution in [0.3, 0.4) is 0 Å². The summed E-state index contributed by atoms with van der Waals surface area (Å²) in [6, 6.07) is 11.6. The first-order valence-corrected chi connectivity index (χ1v) is 11.7. The highest BCUT2D eigenvalue weighted by Crippen LogP contribution is 2.49. The van der Waals surface area contributed by atoms with Crippen LogP contribution in [0.2, 0.25) is 0 Å². The topological polar surface area (TPSA) is 59.5 Å². The number of carbonyl (C=O) groups is 2. The molecule has 3 unspecified atom stereocenters. The summed E-state index contributed by atoms with van der Waals surface area (Å²) in [4.78, 5) is 33.5. The second kappa shape index (κ2) is 7.24. The molecule has 3 heterocycles. The summed E-state index contributed by atoms with van der Waals surface area (Å²) < 4.78 is 20.6. The minimum Gasteiger partial charge on any atom is -0.483 e. The largest absolute Gasteiger partial charge is 0.483 e. The van der Waals surface area contributed by atoms with Gasteiger partial charge in [0, 0.05) is 0 Å². The Hall–Kier alpha value is -3.06. The third-order valence-electron chi connectivity index (χ3n) is 6.70. The van der Waals surface area contributed by atoms with Crippen molar-refractivity contribution < 1.29 is 18.7 Å². The predicted octanol–water partition coefficient (Wildman–Crippen LogP) is 5.24. The van der Waals surface area contributed by atoms with E-state index in [4.69, 9.17) is 4.74 Å². The van der Waals surface area contributed by atoms with Crippen LogP contribution in [-0.4, -0.2) is 22.8 Å². The van der Waals surface area contributed by atoms with Gasteiger partial charge >= 0.3 is 0 Å². The van der Waals surface area contributed by atoms with Crippen LogP contribution < -0.4 is 4.90 Å². The van der Waals surface area contributed by atoms with Gasteiger partial charge in [0.15, 0.2) is 16.7 Å². The third kappa shape index (κ3) is 2.91. The minimum absolute atomic E-state index is 0.0181. The summed E-state index contributed by atoms with van der Waals surface area (Å²) in [5.41, 5.74) is 2.98. The van der Waals surface area contributed by atoms with E-state index in [9.17, 15) is 14.0 Å². The van der Waals surface area contributed by atoms with Gasteiger partial charge in [-0.2, -0.15) is 0 Å². The molecule has 32 heavy (non-hydrogen) atoms. The van der Waals surface area contributed by atoms with Crippen LogP contribution in [0.4, 0.5) is 9.52 Å². The van der Waals surface area contributed by atoms with Crippen molar-refractivity contribution in [1.29, 1.82) is 0 Å². The molecule has 2 aliphatic heterocycles. The zero-order valence-electron chi connectivity index (χ0n) is 17.5. The molecule has 5 nitrogen and oxygen atoms in total. The fourth-order valence-electron chi connectivity index (χ4n) is 5.10. The van der Waals surface area contributed by atoms with Crippen molar-refractivity contribution >= 4 is 38.4 Å². The van der Waals surface area contributed by atoms with Gasteiger partial charge < -0.3 is 4.74 Å². The first-order valence-electron chi connectivity index (χ1n) is 10.9. The van der Waals surface area contributed by atoms with Gasteiger partial charge in [0.25, 0.3) is 5.91 Å². The highest BCUT2D eigenvalue weighted by atomic mass is 32.1. The summed E-state index contributed by atoms with van der Waals surface area (Å²) in [5.74, 6) is -0.718. The van der Waals surface area contributed by atoms with E-state index in [2.05, 4.69) is 4.98 Å². The minimum atomic E-state index is -0.598. The van der Waals surface area contributed by atoms with E-state index in [1.807, 2.05) is 31.2 Å². The number of hydrogen-bond donors (Lipinski definition) is 0. The average molecular weight is 449 g/mol. The molecule has 1 fully saturated rings. The summed E-state index contributed by atoms with van der Waals surface area (Å²) in [6.45, 7) is 2.00. The summed E-state index contributed by atoms with van der Waals surface area (Å²) >= 11 is 1.25. The predicted molar refractivity (Wildman–Crippen MR) is 120 cm³/mol. The number of aromatic nitrogens is 1. The zero-order chi connectivity index (χ0) is 22.0. The first-order chi connectivity index (χ1) is 15.5. The number of hydrogen-bond acceptors (Lipinski definition) is 5. The number of halogens is 1. The molecule has 3 aromatic rings. The van der Waals surface area contributed by atoms with Gasteiger partial charge in [-0.1, -0.05) is 47.6 Å². The third-order valence-corrected chi connectivity index (χ3v) is 7.72. The van der Waals surface area contributed by atoms with Gasteiger partial charge in [-0.15, -0.1) is 0 Å². The van der Waals surface area contributed by atoms with E-state index in [1.54, 1.807) is 11.0 Å². The molecule has 0 bridgehead atoms. The molecule has 1 saturated carbocycles. The zero-order valence-corrected chi connectivity index (χ0v) is 18.3. The standard InChI is InChI=1S/C25H21FN2O3S/c1-13-6-8-14(9-7-13)21-20-22(29)16-4-2-3-5-18(16)31-23(20)24(30)28(21)25-27-17-11-10-15(26)12-19(17)32-25/h6-12,16,18,21H,2-5H2,1H3. The van der Waals surface area contributed by atoms with Crippen molar-refractivity contribution in [3.63, 3.8) is 0 Å². The maximum Gasteiger partial charge on any atom is 0.296 e. The summed E-state index contributed by atoms with van der Waals surface area (Å²) in [7, 11) is 0. The Kier molecular flexibility index (Phi) is 4.43. The molecule has 1 amide bonds. The molecule has 0 saturated heterocycles. The lowest BCUT2D eigenvalue weighted by molar-refractivity contribution is -0.131. The Morgan fingerprint density at radius 1 is 1.09 bits per heavy atom. The van der Waals surface area contributed by atoms with Crippen molar-refractivity contribution in [3.8, 4) is 0 Å². The molecule has 6 rings (SSSR count). The van der Waals surface area contributed by atoms with Crippen LogP contribution in [0.25, 0.3) is 10.2 Å². The number of anilines is 1. The lowest BCUT2D eigenvalue weighted by Crippen LogP contribution is -2.39. The number of benzene rings is 2. The van der Waals surface area contributed by atoms with Gasteiger partial charge in [-0.3, -0.25) is 14.5 Å². The van der Waals surface area contributed by atoms with Crippen LogP contribution >= 0.6 is 11.3 Å². The van der Waals surface area contributed by atoms with E-state index in [-0.39, 0.29) is 35.3 Å². The maximum atomic E-state index is 13.8. The molecule has 0 spiro atoms. The lowest BCUT2D eigenvalue weighted by Gasteiger charge is -2.35. The molecule has 1 aromatic heterocycles. The maximum absolute atomic E-state index is 13.8. The number of ketones is 1. The Morgan fingerprint density at radius 3 is 2.69 bits per heavy atom. The van der Waals surface area contributed by atoms with Crippen molar-refractivity contribution in [2.75, 3.05) is 4.90 Å². The average Bonchev–Trinajstić information content (AvgIpc) is 3.33. The highest BCUT2D eigenvalue weighted by Gasteiger charge is 2.53. The summed E-state index contributed by atoms with van der Waals surface area (Å²) in [6.07, 6.45) is 3.34. The first kappa shape index (κ1) is 19.6. The Labute approximate surface area is 188 Å². The number of fused-ring (bicyclic) bond motifs is 2. The molecule has 1 aliphatic carbocycles. The quantitative estimate of drug-likeness (QED) is 0.538. The number of thiazole rings is 1. The van der Waals surface area contributed by atoms with Crippen LogP contribution in [0.15, 0.2) is 53.8 Å². The number of Topliss-reactive ketones (excluding diaryl/α,β-unsaturated/α-hetero) is 1. The molecular weight excluding hydrogens is 427 g/mol. The monoisotopic (exact) mass is 448 g/mol. The second-order valence-electron chi connectivity index (χ2n) is 8.75. The van der Waals surface area contributed by atoms with Gasteiger partial charge in [-0.05, 0) is 49.9 Å². The molecule has 162 valence electrons. The second-order valence-corrected chi connectivity index (χ2v) is 9.76. The molecule has 7 heteroatoms. The van der Waals surface area contributed by atoms with E-state index < -0.39 is 6.04 Å². The van der Waals surface area contributed by atoms with Crippen molar-refractivity contribution in [2.24, 2.45) is 5.92 Å². The van der Waals surface area contributed by atoms with Gasteiger partial charge in [0.2, 0.25) is 0 Å². The number of aryl methyl sites for hydroxylation is 1. The van der Waals surface area contributed by atoms with Crippen LogP contribution in [0.1, 0.15) is 42.9 Å². The fraction of sp³-hybridized carbons (Fsp3) is 0.320. The summed E-state index contributed by atoms with van der Waals surface area (Å²) in [5, 5.41) is 0.440. The number of amides is 1. The highest BCUT2D eigenvalue weighted by molar-refractivity contribution is 7.22. The molecule has 0 radical (unpaired) electrons. The van der Waals surface area contributed by atoms with Crippen LogP contribution in [0, 0.1) is 18.7 Å². The van der Waals surface area contributed by atoms with E-state index in [0.717, 1.165) is 36.8 Å². The van der Waals surface area contributed by atoms with E-state index in [1.165, 1.54) is 23.5 Å². The smallest absolute Gasteiger partial charge is 0.296 e. The number of carbonyl (C=O) groups excluding carboxylic acids is 2. The normalized spacial score (nSPS) is 25.2. The van der Waals surface area contributed by atoms with Crippen LogP contribution in [-0.2, 0) is 14.3 Å². The molecule has 2 aromatic carbocycles. The van der Waals surface area contributed by atoms with E-state index in [0.29, 0.717) is 20.9 Å². The molecular formula is C25H21FN2O3S. The Morgan fingerprint density at radius 2 is 1.88 bits per heavy atom. The van der Waals surface area contributed by atoms with Crippen LogP contribution in [0.5, 0.6) is 0 Å². The molecule has 3 atom stereocenters. The number of rotatable bonds is 2. The van der Waals surface area contributed by atoms with Crippen molar-refractivity contribution in [3.05, 3.63) is 70.7 Å². The molecule has 3 aliphatic rings. The van der Waals surface area contributed by atoms with E-state index >= 15 is 0 Å². The van der Waals surface area contributed by atoms with Gasteiger partial charge in [0.1, 0.15) is 11.9 Å². The number of nitrogens with zero attached hydrogens (tertiary/aromatic N) is 2. The molecule has 0 N–H and O–H groups in total. The SMILES string of the molecule is Cc1ccc(C2C3=C(OC4CCCCC4C3=O)C(=O)N2c2nc3ccc(F)cc3s2)cc1. The lowest BCUT2D eigenvalue weighted by atomic mass is 9.77. The number of ether oxygens (including phenoxy) is 1.